The SMILES string of the molecule is O=C(NCCCN1CCOCC1)c1ccc(/C=C2/SC3CCCCC3N(Cc3cccc(Cl)c3)C2=O)cc1. The van der Waals surface area contributed by atoms with E-state index in [0.717, 1.165) is 74.6 Å². The topological polar surface area (TPSA) is 61.9 Å². The van der Waals surface area contributed by atoms with E-state index < -0.39 is 0 Å². The highest BCUT2D eigenvalue weighted by atomic mass is 35.5. The lowest BCUT2D eigenvalue weighted by atomic mass is 9.92. The van der Waals surface area contributed by atoms with E-state index in [1.54, 1.807) is 11.8 Å². The summed E-state index contributed by atoms with van der Waals surface area (Å²) in [7, 11) is 0. The van der Waals surface area contributed by atoms with Gasteiger partial charge >= 0.3 is 0 Å². The molecule has 0 bridgehead atoms. The van der Waals surface area contributed by atoms with Crippen molar-refractivity contribution in [2.24, 2.45) is 0 Å². The number of rotatable bonds is 8. The molecule has 1 saturated carbocycles. The monoisotopic (exact) mass is 553 g/mol. The minimum Gasteiger partial charge on any atom is -0.379 e. The zero-order chi connectivity index (χ0) is 26.3. The summed E-state index contributed by atoms with van der Waals surface area (Å²) in [4.78, 5) is 31.4. The summed E-state index contributed by atoms with van der Waals surface area (Å²) in [5.41, 5.74) is 2.62. The number of hydrogen-bond donors (Lipinski definition) is 1. The van der Waals surface area contributed by atoms with Crippen LogP contribution in [0.1, 0.15) is 53.6 Å². The van der Waals surface area contributed by atoms with E-state index in [1.165, 1.54) is 6.42 Å². The van der Waals surface area contributed by atoms with Crippen LogP contribution in [-0.2, 0) is 16.1 Å². The number of amides is 2. The number of nitrogens with one attached hydrogen (secondary N) is 1. The molecule has 38 heavy (non-hydrogen) atoms. The van der Waals surface area contributed by atoms with Gasteiger partial charge in [-0.25, -0.2) is 0 Å². The molecule has 2 atom stereocenters. The second kappa shape index (κ2) is 13.2. The lowest BCUT2D eigenvalue weighted by molar-refractivity contribution is -0.130. The van der Waals surface area contributed by atoms with Crippen LogP contribution >= 0.6 is 23.4 Å². The van der Waals surface area contributed by atoms with Crippen LogP contribution in [0.2, 0.25) is 5.02 Å². The van der Waals surface area contributed by atoms with Crippen LogP contribution in [0.3, 0.4) is 0 Å². The third-order valence-electron chi connectivity index (χ3n) is 7.57. The molecule has 2 unspecified atom stereocenters. The lowest BCUT2D eigenvalue weighted by Gasteiger charge is -2.44. The van der Waals surface area contributed by atoms with Gasteiger partial charge in [0.1, 0.15) is 0 Å². The first-order valence-corrected chi connectivity index (χ1v) is 14.9. The van der Waals surface area contributed by atoms with Crippen molar-refractivity contribution in [1.82, 2.24) is 15.1 Å². The fraction of sp³-hybridized carbons (Fsp3) is 0.467. The maximum atomic E-state index is 13.6. The minimum atomic E-state index is -0.0629. The highest BCUT2D eigenvalue weighted by molar-refractivity contribution is 8.04. The van der Waals surface area contributed by atoms with E-state index in [1.807, 2.05) is 54.6 Å². The van der Waals surface area contributed by atoms with Gasteiger partial charge in [0.05, 0.1) is 18.1 Å². The van der Waals surface area contributed by atoms with Crippen molar-refractivity contribution in [1.29, 1.82) is 0 Å². The van der Waals surface area contributed by atoms with Crippen LogP contribution in [-0.4, -0.2) is 72.3 Å². The van der Waals surface area contributed by atoms with Crippen molar-refractivity contribution < 1.29 is 14.3 Å². The summed E-state index contributed by atoms with van der Waals surface area (Å²) in [6.45, 7) is 5.70. The molecule has 1 aliphatic carbocycles. The lowest BCUT2D eigenvalue weighted by Crippen LogP contribution is -2.50. The van der Waals surface area contributed by atoms with Crippen molar-refractivity contribution in [2.45, 2.75) is 49.9 Å². The molecule has 3 fully saturated rings. The maximum absolute atomic E-state index is 13.6. The smallest absolute Gasteiger partial charge is 0.260 e. The predicted molar refractivity (Wildman–Crippen MR) is 154 cm³/mol. The molecule has 2 saturated heterocycles. The number of carbonyl (C=O) groups excluding carboxylic acids is 2. The molecule has 3 aliphatic rings. The van der Waals surface area contributed by atoms with Gasteiger partial charge in [0, 0.05) is 48.1 Å². The Labute approximate surface area is 234 Å². The number of carbonyl (C=O) groups is 2. The Kier molecular flexibility index (Phi) is 9.44. The summed E-state index contributed by atoms with van der Waals surface area (Å²) in [6.07, 6.45) is 7.44. The zero-order valence-electron chi connectivity index (χ0n) is 21.7. The second-order valence-electron chi connectivity index (χ2n) is 10.3. The average molecular weight is 554 g/mol. The molecule has 2 amide bonds. The summed E-state index contributed by atoms with van der Waals surface area (Å²) in [6, 6.07) is 15.6. The molecule has 5 rings (SSSR count). The van der Waals surface area contributed by atoms with E-state index in [2.05, 4.69) is 15.1 Å². The van der Waals surface area contributed by atoms with Crippen molar-refractivity contribution >= 4 is 41.3 Å². The second-order valence-corrected chi connectivity index (χ2v) is 12.0. The predicted octanol–water partition coefficient (Wildman–Crippen LogP) is 5.22. The molecule has 1 N–H and O–H groups in total. The Morgan fingerprint density at radius 1 is 1.11 bits per heavy atom. The Morgan fingerprint density at radius 3 is 2.68 bits per heavy atom. The van der Waals surface area contributed by atoms with E-state index in [4.69, 9.17) is 16.3 Å². The quantitative estimate of drug-likeness (QED) is 0.359. The Morgan fingerprint density at radius 2 is 1.89 bits per heavy atom. The van der Waals surface area contributed by atoms with Gasteiger partial charge in [0.25, 0.3) is 11.8 Å². The maximum Gasteiger partial charge on any atom is 0.260 e. The first-order chi connectivity index (χ1) is 18.6. The minimum absolute atomic E-state index is 0.0629. The zero-order valence-corrected chi connectivity index (χ0v) is 23.3. The van der Waals surface area contributed by atoms with Crippen molar-refractivity contribution in [3.8, 4) is 0 Å². The number of benzene rings is 2. The summed E-state index contributed by atoms with van der Waals surface area (Å²) >= 11 is 7.95. The number of fused-ring (bicyclic) bond motifs is 1. The molecule has 0 radical (unpaired) electrons. The number of halogens is 1. The number of morpholine rings is 1. The first kappa shape index (κ1) is 27.3. The third kappa shape index (κ3) is 7.00. The van der Waals surface area contributed by atoms with Crippen LogP contribution < -0.4 is 5.32 Å². The molecular weight excluding hydrogens is 518 g/mol. The Hall–Kier alpha value is -2.32. The fourth-order valence-corrected chi connectivity index (χ4v) is 7.19. The third-order valence-corrected chi connectivity index (χ3v) is 9.21. The molecular formula is C30H36ClN3O3S. The number of ether oxygens (including phenoxy) is 1. The average Bonchev–Trinajstić information content (AvgIpc) is 2.94. The van der Waals surface area contributed by atoms with Gasteiger partial charge in [-0.2, -0.15) is 0 Å². The number of hydrogen-bond acceptors (Lipinski definition) is 5. The first-order valence-electron chi connectivity index (χ1n) is 13.7. The normalized spacial score (nSPS) is 23.3. The highest BCUT2D eigenvalue weighted by Crippen LogP contribution is 2.42. The van der Waals surface area contributed by atoms with Gasteiger partial charge < -0.3 is 15.0 Å². The molecule has 0 spiro atoms. The largest absolute Gasteiger partial charge is 0.379 e. The van der Waals surface area contributed by atoms with Gasteiger partial charge in [-0.3, -0.25) is 14.5 Å². The van der Waals surface area contributed by atoms with E-state index >= 15 is 0 Å². The fourth-order valence-electron chi connectivity index (χ4n) is 5.51. The van der Waals surface area contributed by atoms with Crippen LogP contribution in [0, 0.1) is 0 Å². The van der Waals surface area contributed by atoms with Crippen LogP contribution in [0.25, 0.3) is 6.08 Å². The van der Waals surface area contributed by atoms with Crippen LogP contribution in [0.5, 0.6) is 0 Å². The van der Waals surface area contributed by atoms with Crippen molar-refractivity contribution in [2.75, 3.05) is 39.4 Å². The van der Waals surface area contributed by atoms with Crippen molar-refractivity contribution in [3.63, 3.8) is 0 Å². The summed E-state index contributed by atoms with van der Waals surface area (Å²) in [5, 5.41) is 4.13. The number of thioether (sulfide) groups is 1. The molecule has 202 valence electrons. The molecule has 2 heterocycles. The van der Waals surface area contributed by atoms with Crippen LogP contribution in [0.15, 0.2) is 53.4 Å². The van der Waals surface area contributed by atoms with Gasteiger partial charge in [0.2, 0.25) is 0 Å². The van der Waals surface area contributed by atoms with Crippen molar-refractivity contribution in [3.05, 3.63) is 75.1 Å². The Balaban J connectivity index is 1.21. The molecule has 2 aliphatic heterocycles. The molecule has 6 nitrogen and oxygen atoms in total. The van der Waals surface area contributed by atoms with Gasteiger partial charge in [-0.1, -0.05) is 48.7 Å². The van der Waals surface area contributed by atoms with Gasteiger partial charge in [0.15, 0.2) is 0 Å². The Bertz CT molecular complexity index is 1150. The molecule has 0 aromatic heterocycles. The summed E-state index contributed by atoms with van der Waals surface area (Å²) in [5.74, 6) is 0.0206. The molecule has 2 aromatic rings. The summed E-state index contributed by atoms with van der Waals surface area (Å²) < 4.78 is 5.38. The van der Waals surface area contributed by atoms with E-state index in [0.29, 0.717) is 28.9 Å². The number of nitrogens with zero attached hydrogens (tertiary/aromatic N) is 2. The molecule has 8 heteroatoms. The van der Waals surface area contributed by atoms with Gasteiger partial charge in [-0.05, 0) is 67.3 Å². The van der Waals surface area contributed by atoms with E-state index in [9.17, 15) is 9.59 Å². The van der Waals surface area contributed by atoms with Crippen LogP contribution in [0.4, 0.5) is 0 Å². The highest BCUT2D eigenvalue weighted by Gasteiger charge is 2.40. The van der Waals surface area contributed by atoms with E-state index in [-0.39, 0.29) is 17.9 Å². The molecule has 2 aromatic carbocycles. The van der Waals surface area contributed by atoms with Gasteiger partial charge in [-0.15, -0.1) is 11.8 Å². The standard InChI is InChI=1S/C30H36ClN3O3S/c31-25-6-3-5-23(19-25)21-34-26-7-1-2-8-27(26)38-28(30(34)36)20-22-9-11-24(12-10-22)29(35)32-13-4-14-33-15-17-37-18-16-33/h3,5-6,9-12,19-20,26-27H,1-2,4,7-8,13-18,21H2,(H,32,35)/b28-20+.